The Morgan fingerprint density at radius 2 is 1.41 bits per heavy atom. The van der Waals surface area contributed by atoms with Crippen LogP contribution >= 0.6 is 0 Å². The van der Waals surface area contributed by atoms with Crippen LogP contribution in [0.5, 0.6) is 11.5 Å². The minimum absolute atomic E-state index is 0.0216. The van der Waals surface area contributed by atoms with Gasteiger partial charge in [0, 0.05) is 24.1 Å². The van der Waals surface area contributed by atoms with E-state index < -0.39 is 7.40 Å². The van der Waals surface area contributed by atoms with Gasteiger partial charge in [-0.1, -0.05) is 69.3 Å². The van der Waals surface area contributed by atoms with Crippen LogP contribution in [-0.4, -0.2) is 44.1 Å². The standard InChI is InChI=1S/C32H35BF2N2O2.C2H6/c1-7-30(31-22(2)20-26(36(31)4)14-8-24-10-16-28(38-5)17-11-24)32-23(3)21-27(37(32)33(34)35)15-9-25-12-18-29(39-6)19-13-25;1-2/h8-21,26H,7H2,1-6H3;1-2H3/b14-8+,15-9+,31-30-;. The maximum absolute atomic E-state index is 14.6. The highest BCUT2D eigenvalue weighted by atomic mass is 19.2. The number of nitrogens with zero attached hydrogens (tertiary/aromatic N) is 2. The second-order valence-corrected chi connectivity index (χ2v) is 9.62. The first-order valence-corrected chi connectivity index (χ1v) is 14.1. The third kappa shape index (κ3) is 7.21. The number of benzene rings is 2. The molecule has 4 rings (SSSR count). The number of aryl methyl sites for hydroxylation is 1. The molecule has 3 aromatic rings. The fourth-order valence-electron chi connectivity index (χ4n) is 5.18. The van der Waals surface area contributed by atoms with Crippen molar-refractivity contribution in [3.63, 3.8) is 0 Å². The molecule has 0 amide bonds. The quantitative estimate of drug-likeness (QED) is 0.246. The second kappa shape index (κ2) is 14.6. The number of methoxy groups -OCH3 is 2. The summed E-state index contributed by atoms with van der Waals surface area (Å²) in [5.41, 5.74) is 6.84. The van der Waals surface area contributed by atoms with Gasteiger partial charge < -0.3 is 18.9 Å². The van der Waals surface area contributed by atoms with Crippen LogP contribution in [0.4, 0.5) is 8.63 Å². The van der Waals surface area contributed by atoms with Gasteiger partial charge in [-0.15, -0.1) is 0 Å². The van der Waals surface area contributed by atoms with Crippen LogP contribution in [-0.2, 0) is 0 Å². The molecule has 1 aliphatic rings. The Labute approximate surface area is 244 Å². The number of allylic oxidation sites excluding steroid dienone is 2. The van der Waals surface area contributed by atoms with Crippen LogP contribution in [0.25, 0.3) is 23.8 Å². The lowest BCUT2D eigenvalue weighted by molar-refractivity contribution is 0.414. The van der Waals surface area contributed by atoms with Gasteiger partial charge in [0.2, 0.25) is 0 Å². The van der Waals surface area contributed by atoms with Crippen LogP contribution in [0.1, 0.15) is 62.2 Å². The van der Waals surface area contributed by atoms with Gasteiger partial charge in [0.05, 0.1) is 20.3 Å². The monoisotopic (exact) mass is 558 g/mol. The molecule has 2 heterocycles. The molecule has 216 valence electrons. The minimum atomic E-state index is -2.67. The summed E-state index contributed by atoms with van der Waals surface area (Å²) in [6.07, 6.45) is 10.6. The SMILES string of the molecule is CC.CC/C(=C1\C(C)=CC(/C=C/c2ccc(OC)cc2)N1C)c1c(C)cc(/C=C/c2ccc(OC)cc2)n1B(F)F. The van der Waals surface area contributed by atoms with Crippen LogP contribution in [0.15, 0.2) is 78.0 Å². The van der Waals surface area contributed by atoms with E-state index in [-0.39, 0.29) is 6.04 Å². The van der Waals surface area contributed by atoms with Crippen molar-refractivity contribution in [3.8, 4) is 11.5 Å². The lowest BCUT2D eigenvalue weighted by atomic mass is 9.99. The Bertz CT molecular complexity index is 1420. The maximum atomic E-state index is 14.6. The van der Waals surface area contributed by atoms with Crippen molar-refractivity contribution in [2.24, 2.45) is 0 Å². The molecule has 0 radical (unpaired) electrons. The van der Waals surface area contributed by atoms with E-state index in [1.807, 2.05) is 95.4 Å². The summed E-state index contributed by atoms with van der Waals surface area (Å²) in [4.78, 5) is 2.17. The largest absolute Gasteiger partial charge is 0.678 e. The third-order valence-corrected chi connectivity index (χ3v) is 7.14. The molecule has 0 bridgehead atoms. The normalized spacial score (nSPS) is 16.1. The van der Waals surface area contributed by atoms with Crippen molar-refractivity contribution < 1.29 is 18.1 Å². The molecule has 0 fully saturated rings. The maximum Gasteiger partial charge on any atom is 0.678 e. The number of ether oxygens (including phenoxy) is 2. The summed E-state index contributed by atoms with van der Waals surface area (Å²) in [7, 11) is 2.62. The van der Waals surface area contributed by atoms with Gasteiger partial charge in [-0.3, -0.25) is 8.63 Å². The lowest BCUT2D eigenvalue weighted by Crippen LogP contribution is -2.25. The lowest BCUT2D eigenvalue weighted by Gasteiger charge is -2.25. The first-order chi connectivity index (χ1) is 19.8. The molecule has 0 saturated carbocycles. The van der Waals surface area contributed by atoms with E-state index in [2.05, 4.69) is 30.1 Å². The first-order valence-electron chi connectivity index (χ1n) is 14.1. The highest BCUT2D eigenvalue weighted by Crippen LogP contribution is 2.38. The summed E-state index contributed by atoms with van der Waals surface area (Å²) in [6, 6.07) is 17.3. The van der Waals surface area contributed by atoms with Gasteiger partial charge >= 0.3 is 7.40 Å². The molecule has 41 heavy (non-hydrogen) atoms. The highest BCUT2D eigenvalue weighted by Gasteiger charge is 2.31. The summed E-state index contributed by atoms with van der Waals surface area (Å²) in [6.45, 7) is 9.99. The van der Waals surface area contributed by atoms with Gasteiger partial charge in [0.1, 0.15) is 11.5 Å². The molecule has 4 nitrogen and oxygen atoms in total. The van der Waals surface area contributed by atoms with Crippen LogP contribution in [0.3, 0.4) is 0 Å². The Morgan fingerprint density at radius 1 is 0.878 bits per heavy atom. The van der Waals surface area contributed by atoms with E-state index in [0.717, 1.165) is 49.5 Å². The summed E-state index contributed by atoms with van der Waals surface area (Å²) in [5, 5.41) is 0. The number of halogens is 2. The van der Waals surface area contributed by atoms with Gasteiger partial charge in [0.15, 0.2) is 0 Å². The molecule has 2 aromatic carbocycles. The van der Waals surface area contributed by atoms with Crippen LogP contribution in [0, 0.1) is 6.92 Å². The number of rotatable bonds is 9. The molecule has 7 heteroatoms. The third-order valence-electron chi connectivity index (χ3n) is 7.14. The van der Waals surface area contributed by atoms with Crippen molar-refractivity contribution in [2.75, 3.05) is 21.3 Å². The predicted molar refractivity (Wildman–Crippen MR) is 170 cm³/mol. The predicted octanol–water partition coefficient (Wildman–Crippen LogP) is 8.88. The molecule has 0 N–H and O–H groups in total. The van der Waals surface area contributed by atoms with E-state index >= 15 is 0 Å². The molecular weight excluding hydrogens is 517 g/mol. The van der Waals surface area contributed by atoms with Gasteiger partial charge in [-0.25, -0.2) is 0 Å². The summed E-state index contributed by atoms with van der Waals surface area (Å²) >= 11 is 0. The van der Waals surface area contributed by atoms with Crippen molar-refractivity contribution in [3.05, 3.63) is 106 Å². The Kier molecular flexibility index (Phi) is 11.2. The Hall–Kier alpha value is -4.00. The topological polar surface area (TPSA) is 26.6 Å². The van der Waals surface area contributed by atoms with E-state index in [1.54, 1.807) is 20.3 Å². The average Bonchev–Trinajstić information content (AvgIpc) is 3.47. The Morgan fingerprint density at radius 3 is 1.90 bits per heavy atom. The average molecular weight is 559 g/mol. The zero-order valence-electron chi connectivity index (χ0n) is 25.4. The van der Waals surface area contributed by atoms with E-state index in [4.69, 9.17) is 9.47 Å². The van der Waals surface area contributed by atoms with E-state index in [0.29, 0.717) is 17.8 Å². The Balaban J connectivity index is 0.00000226. The van der Waals surface area contributed by atoms with E-state index in [9.17, 15) is 8.63 Å². The number of hydrogen-bond donors (Lipinski definition) is 0. The molecule has 1 unspecified atom stereocenters. The minimum Gasteiger partial charge on any atom is -0.497 e. The van der Waals surface area contributed by atoms with Crippen molar-refractivity contribution in [1.82, 2.24) is 9.38 Å². The number of likely N-dealkylation sites (N-methyl/N-ethyl adjacent to an activating group) is 1. The number of aromatic nitrogens is 1. The molecule has 1 aromatic heterocycles. The molecule has 0 aliphatic carbocycles. The van der Waals surface area contributed by atoms with Crippen LogP contribution in [0.2, 0.25) is 0 Å². The molecule has 1 aliphatic heterocycles. The first kappa shape index (κ1) is 31.5. The fourth-order valence-corrected chi connectivity index (χ4v) is 5.18. The fraction of sp³-hybridized carbons (Fsp3) is 0.294. The van der Waals surface area contributed by atoms with E-state index in [1.165, 1.54) is 0 Å². The van der Waals surface area contributed by atoms with Crippen molar-refractivity contribution in [1.29, 1.82) is 0 Å². The molecule has 1 atom stereocenters. The highest BCUT2D eigenvalue weighted by molar-refractivity contribution is 6.42. The summed E-state index contributed by atoms with van der Waals surface area (Å²) in [5.74, 6) is 1.57. The van der Waals surface area contributed by atoms with Crippen molar-refractivity contribution >= 4 is 31.2 Å². The molecule has 0 saturated heterocycles. The van der Waals surface area contributed by atoms with Crippen LogP contribution < -0.4 is 9.47 Å². The molecule has 0 spiro atoms. The van der Waals surface area contributed by atoms with Gasteiger partial charge in [-0.2, -0.15) is 0 Å². The smallest absolute Gasteiger partial charge is 0.497 e. The zero-order chi connectivity index (χ0) is 30.1. The van der Waals surface area contributed by atoms with Gasteiger partial charge in [0.25, 0.3) is 0 Å². The molecular formula is C34H41BF2N2O2. The van der Waals surface area contributed by atoms with Gasteiger partial charge in [-0.05, 0) is 84.5 Å². The summed E-state index contributed by atoms with van der Waals surface area (Å²) < 4.78 is 40.8. The zero-order valence-corrected chi connectivity index (χ0v) is 25.4. The number of hydrogen-bond acceptors (Lipinski definition) is 3. The van der Waals surface area contributed by atoms with Crippen molar-refractivity contribution in [2.45, 2.75) is 47.1 Å². The second-order valence-electron chi connectivity index (χ2n) is 9.62.